The Bertz CT molecular complexity index is 356. The first-order valence-electron chi connectivity index (χ1n) is 4.40. The van der Waals surface area contributed by atoms with Crippen LogP contribution in [0.5, 0.6) is 5.75 Å². The maximum absolute atomic E-state index is 8.69. The lowest BCUT2D eigenvalue weighted by atomic mass is 10.0. The summed E-state index contributed by atoms with van der Waals surface area (Å²) >= 11 is 0. The molecule has 0 aromatic heterocycles. The molecule has 3 heteroatoms. The van der Waals surface area contributed by atoms with Crippen molar-refractivity contribution in [3.63, 3.8) is 0 Å². The SMILES string of the molecule is COc1c(C)cc(C(N)C#N)cc1C. The van der Waals surface area contributed by atoms with Crippen LogP contribution in [0.25, 0.3) is 0 Å². The molecule has 0 saturated carbocycles. The number of hydrogen-bond donors (Lipinski definition) is 1. The standard InChI is InChI=1S/C11H14N2O/c1-7-4-9(10(13)6-12)5-8(2)11(7)14-3/h4-5,10H,13H2,1-3H3. The molecule has 1 atom stereocenters. The fourth-order valence-electron chi connectivity index (χ4n) is 1.56. The van der Waals surface area contributed by atoms with Gasteiger partial charge in [0, 0.05) is 0 Å². The van der Waals surface area contributed by atoms with Crippen LogP contribution in [0.15, 0.2) is 12.1 Å². The second-order valence-corrected chi connectivity index (χ2v) is 3.29. The molecule has 1 unspecified atom stereocenters. The van der Waals surface area contributed by atoms with Gasteiger partial charge in [-0.15, -0.1) is 0 Å². The van der Waals surface area contributed by atoms with Gasteiger partial charge in [0.25, 0.3) is 0 Å². The molecule has 1 aromatic carbocycles. The Labute approximate surface area is 84.1 Å². The zero-order valence-corrected chi connectivity index (χ0v) is 8.66. The van der Waals surface area contributed by atoms with Crippen LogP contribution >= 0.6 is 0 Å². The Balaban J connectivity index is 3.22. The predicted molar refractivity (Wildman–Crippen MR) is 55.0 cm³/mol. The van der Waals surface area contributed by atoms with E-state index in [-0.39, 0.29) is 0 Å². The molecule has 0 radical (unpaired) electrons. The number of nitrogens with two attached hydrogens (primary N) is 1. The zero-order valence-electron chi connectivity index (χ0n) is 8.66. The molecule has 0 spiro atoms. The number of hydrogen-bond acceptors (Lipinski definition) is 3. The molecule has 0 aliphatic carbocycles. The van der Waals surface area contributed by atoms with E-state index in [1.54, 1.807) is 7.11 Å². The number of nitriles is 1. The van der Waals surface area contributed by atoms with Crippen molar-refractivity contribution in [2.24, 2.45) is 5.73 Å². The number of rotatable bonds is 2. The molecule has 0 amide bonds. The lowest BCUT2D eigenvalue weighted by Gasteiger charge is -2.12. The molecule has 0 aliphatic heterocycles. The molecule has 74 valence electrons. The van der Waals surface area contributed by atoms with E-state index in [1.807, 2.05) is 32.0 Å². The molecule has 0 saturated heterocycles. The Morgan fingerprint density at radius 1 is 1.36 bits per heavy atom. The number of benzene rings is 1. The second-order valence-electron chi connectivity index (χ2n) is 3.29. The first-order chi connectivity index (χ1) is 6.60. The number of ether oxygens (including phenoxy) is 1. The lowest BCUT2D eigenvalue weighted by Crippen LogP contribution is -2.08. The second kappa shape index (κ2) is 4.12. The minimum atomic E-state index is -0.557. The molecule has 3 nitrogen and oxygen atoms in total. The van der Waals surface area contributed by atoms with Crippen LogP contribution < -0.4 is 10.5 Å². The summed E-state index contributed by atoms with van der Waals surface area (Å²) in [6.45, 7) is 3.89. The number of nitrogens with zero attached hydrogens (tertiary/aromatic N) is 1. The summed E-state index contributed by atoms with van der Waals surface area (Å²) < 4.78 is 5.22. The van der Waals surface area contributed by atoms with Gasteiger partial charge < -0.3 is 10.5 Å². The van der Waals surface area contributed by atoms with E-state index >= 15 is 0 Å². The van der Waals surface area contributed by atoms with Crippen LogP contribution in [-0.4, -0.2) is 7.11 Å². The van der Waals surface area contributed by atoms with Gasteiger partial charge in [-0.25, -0.2) is 0 Å². The largest absolute Gasteiger partial charge is 0.496 e. The zero-order chi connectivity index (χ0) is 10.7. The third-order valence-corrected chi connectivity index (χ3v) is 2.18. The maximum atomic E-state index is 8.69. The van der Waals surface area contributed by atoms with E-state index in [2.05, 4.69) is 0 Å². The van der Waals surface area contributed by atoms with Gasteiger partial charge >= 0.3 is 0 Å². The fourth-order valence-corrected chi connectivity index (χ4v) is 1.56. The van der Waals surface area contributed by atoms with Crippen LogP contribution in [-0.2, 0) is 0 Å². The summed E-state index contributed by atoms with van der Waals surface area (Å²) in [7, 11) is 1.64. The van der Waals surface area contributed by atoms with E-state index in [9.17, 15) is 0 Å². The number of aryl methyl sites for hydroxylation is 2. The maximum Gasteiger partial charge on any atom is 0.124 e. The van der Waals surface area contributed by atoms with Crippen LogP contribution in [0.4, 0.5) is 0 Å². The molecular weight excluding hydrogens is 176 g/mol. The van der Waals surface area contributed by atoms with Crippen molar-refractivity contribution in [1.82, 2.24) is 0 Å². The Morgan fingerprint density at radius 3 is 2.21 bits per heavy atom. The van der Waals surface area contributed by atoms with E-state index in [1.165, 1.54) is 0 Å². The monoisotopic (exact) mass is 190 g/mol. The summed E-state index contributed by atoms with van der Waals surface area (Å²) in [5, 5.41) is 8.69. The normalized spacial score (nSPS) is 11.9. The van der Waals surface area contributed by atoms with Gasteiger partial charge in [-0.2, -0.15) is 5.26 Å². The molecular formula is C11H14N2O. The summed E-state index contributed by atoms with van der Waals surface area (Å²) in [4.78, 5) is 0. The van der Waals surface area contributed by atoms with Crippen LogP contribution in [0.1, 0.15) is 22.7 Å². The highest BCUT2D eigenvalue weighted by molar-refractivity contribution is 5.45. The topological polar surface area (TPSA) is 59.0 Å². The minimum Gasteiger partial charge on any atom is -0.496 e. The van der Waals surface area contributed by atoms with Gasteiger partial charge in [-0.1, -0.05) is 0 Å². The van der Waals surface area contributed by atoms with E-state index < -0.39 is 6.04 Å². The highest BCUT2D eigenvalue weighted by Gasteiger charge is 2.09. The lowest BCUT2D eigenvalue weighted by molar-refractivity contribution is 0.408. The van der Waals surface area contributed by atoms with Crippen molar-refractivity contribution in [1.29, 1.82) is 5.26 Å². The average Bonchev–Trinajstić information content (AvgIpc) is 2.16. The summed E-state index contributed by atoms with van der Waals surface area (Å²) in [5.74, 6) is 0.860. The summed E-state index contributed by atoms with van der Waals surface area (Å²) in [5.41, 5.74) is 8.47. The first kappa shape index (κ1) is 10.6. The van der Waals surface area contributed by atoms with Gasteiger partial charge in [0.15, 0.2) is 0 Å². The predicted octanol–water partition coefficient (Wildman–Crippen LogP) is 1.84. The van der Waals surface area contributed by atoms with Crippen molar-refractivity contribution < 1.29 is 4.74 Å². The Hall–Kier alpha value is -1.53. The van der Waals surface area contributed by atoms with Crippen LogP contribution in [0.3, 0.4) is 0 Å². The first-order valence-corrected chi connectivity index (χ1v) is 4.40. The molecule has 1 rings (SSSR count). The quantitative estimate of drug-likeness (QED) is 0.774. The molecule has 1 aromatic rings. The highest BCUT2D eigenvalue weighted by Crippen LogP contribution is 2.26. The number of methoxy groups -OCH3 is 1. The third-order valence-electron chi connectivity index (χ3n) is 2.18. The Morgan fingerprint density at radius 2 is 1.86 bits per heavy atom. The van der Waals surface area contributed by atoms with Crippen molar-refractivity contribution in [2.45, 2.75) is 19.9 Å². The molecule has 0 fully saturated rings. The smallest absolute Gasteiger partial charge is 0.124 e. The minimum absolute atomic E-state index is 0.557. The van der Waals surface area contributed by atoms with Crippen molar-refractivity contribution in [3.05, 3.63) is 28.8 Å². The third kappa shape index (κ3) is 1.86. The molecule has 0 heterocycles. The van der Waals surface area contributed by atoms with Gasteiger partial charge in [0.05, 0.1) is 13.2 Å². The molecule has 2 N–H and O–H groups in total. The Kier molecular flexibility index (Phi) is 3.10. The van der Waals surface area contributed by atoms with Crippen molar-refractivity contribution in [2.75, 3.05) is 7.11 Å². The van der Waals surface area contributed by atoms with Crippen molar-refractivity contribution >= 4 is 0 Å². The molecule has 0 aliphatic rings. The highest BCUT2D eigenvalue weighted by atomic mass is 16.5. The molecule has 14 heavy (non-hydrogen) atoms. The fraction of sp³-hybridized carbons (Fsp3) is 0.364. The van der Waals surface area contributed by atoms with Gasteiger partial charge in [0.2, 0.25) is 0 Å². The van der Waals surface area contributed by atoms with Crippen LogP contribution in [0.2, 0.25) is 0 Å². The summed E-state index contributed by atoms with van der Waals surface area (Å²) in [6.07, 6.45) is 0. The van der Waals surface area contributed by atoms with E-state index in [0.717, 1.165) is 22.4 Å². The average molecular weight is 190 g/mol. The van der Waals surface area contributed by atoms with Crippen LogP contribution in [0, 0.1) is 25.2 Å². The van der Waals surface area contributed by atoms with E-state index in [0.29, 0.717) is 0 Å². The van der Waals surface area contributed by atoms with E-state index in [4.69, 9.17) is 15.7 Å². The van der Waals surface area contributed by atoms with Gasteiger partial charge in [-0.3, -0.25) is 0 Å². The molecule has 0 bridgehead atoms. The van der Waals surface area contributed by atoms with Gasteiger partial charge in [0.1, 0.15) is 11.8 Å². The van der Waals surface area contributed by atoms with Crippen molar-refractivity contribution in [3.8, 4) is 11.8 Å². The summed E-state index contributed by atoms with van der Waals surface area (Å²) in [6, 6.07) is 5.23. The van der Waals surface area contributed by atoms with Gasteiger partial charge in [-0.05, 0) is 42.7 Å².